The molecule has 7 nitrogen and oxygen atoms in total. The lowest BCUT2D eigenvalue weighted by Crippen LogP contribution is -2.36. The number of aryl methyl sites for hydroxylation is 1. The molecule has 0 saturated carbocycles. The molecule has 0 unspecified atom stereocenters. The van der Waals surface area contributed by atoms with Crippen molar-refractivity contribution in [2.24, 2.45) is 0 Å². The molecule has 200 valence electrons. The summed E-state index contributed by atoms with van der Waals surface area (Å²) < 4.78 is 17.3. The van der Waals surface area contributed by atoms with Crippen molar-refractivity contribution < 1.29 is 14.2 Å². The minimum atomic E-state index is 0.498. The normalized spacial score (nSPS) is 14.2. The minimum Gasteiger partial charge on any atom is -0.490 e. The van der Waals surface area contributed by atoms with E-state index < -0.39 is 0 Å². The molecule has 0 bridgehead atoms. The Labute approximate surface area is 221 Å². The number of benzene rings is 2. The maximum absolute atomic E-state index is 5.96. The first-order valence-electron chi connectivity index (χ1n) is 13.7. The summed E-state index contributed by atoms with van der Waals surface area (Å²) in [5, 5.41) is 7.44. The van der Waals surface area contributed by atoms with Crippen LogP contribution in [0.3, 0.4) is 0 Å². The Morgan fingerprint density at radius 1 is 1.00 bits per heavy atom. The predicted molar refractivity (Wildman–Crippen MR) is 148 cm³/mol. The van der Waals surface area contributed by atoms with E-state index in [1.165, 1.54) is 24.0 Å². The van der Waals surface area contributed by atoms with Gasteiger partial charge in [-0.3, -0.25) is 10.00 Å². The number of nitrogens with one attached hydrogen (secondary N) is 1. The predicted octanol–water partition coefficient (Wildman–Crippen LogP) is 5.03. The fraction of sp³-hybridized carbons (Fsp3) is 0.500. The summed E-state index contributed by atoms with van der Waals surface area (Å²) in [4.78, 5) is 4.82. The first kappa shape index (κ1) is 27.2. The summed E-state index contributed by atoms with van der Waals surface area (Å²) in [7, 11) is 2.16. The van der Waals surface area contributed by atoms with Gasteiger partial charge in [-0.1, -0.05) is 25.5 Å². The second kappa shape index (κ2) is 14.8. The van der Waals surface area contributed by atoms with Gasteiger partial charge in [0.15, 0.2) is 0 Å². The number of morpholine rings is 1. The number of H-pyrrole nitrogens is 1. The second-order valence-electron chi connectivity index (χ2n) is 9.79. The van der Waals surface area contributed by atoms with Crippen LogP contribution in [0.4, 0.5) is 0 Å². The van der Waals surface area contributed by atoms with Crippen LogP contribution in [-0.2, 0) is 17.7 Å². The Morgan fingerprint density at radius 3 is 2.57 bits per heavy atom. The van der Waals surface area contributed by atoms with Gasteiger partial charge in [-0.15, -0.1) is 0 Å². The SMILES string of the molecule is CCCCN(C)Cc1cn[nH]c1-c1ccc(OCCOc2cccc(CCCN3CCOCC3)c2)cc1. The summed E-state index contributed by atoms with van der Waals surface area (Å²) in [5.74, 6) is 1.74. The largest absolute Gasteiger partial charge is 0.490 e. The number of aromatic nitrogens is 2. The van der Waals surface area contributed by atoms with Crippen LogP contribution in [0.2, 0.25) is 0 Å². The molecule has 4 rings (SSSR count). The molecule has 2 aromatic carbocycles. The highest BCUT2D eigenvalue weighted by Gasteiger charge is 2.11. The van der Waals surface area contributed by atoms with E-state index in [2.05, 4.69) is 64.3 Å². The van der Waals surface area contributed by atoms with Crippen LogP contribution in [0.5, 0.6) is 11.5 Å². The third kappa shape index (κ3) is 8.88. The zero-order chi connectivity index (χ0) is 25.7. The van der Waals surface area contributed by atoms with Gasteiger partial charge < -0.3 is 19.1 Å². The van der Waals surface area contributed by atoms with Gasteiger partial charge in [0.2, 0.25) is 0 Å². The van der Waals surface area contributed by atoms with Crippen molar-refractivity contribution in [1.29, 1.82) is 0 Å². The van der Waals surface area contributed by atoms with E-state index in [1.54, 1.807) is 0 Å². The summed E-state index contributed by atoms with van der Waals surface area (Å²) in [6, 6.07) is 16.6. The van der Waals surface area contributed by atoms with E-state index in [0.29, 0.717) is 13.2 Å². The van der Waals surface area contributed by atoms with Gasteiger partial charge >= 0.3 is 0 Å². The molecule has 0 radical (unpaired) electrons. The monoisotopic (exact) mass is 506 g/mol. The lowest BCUT2D eigenvalue weighted by atomic mass is 10.1. The first-order chi connectivity index (χ1) is 18.2. The zero-order valence-electron chi connectivity index (χ0n) is 22.5. The van der Waals surface area contributed by atoms with Crippen LogP contribution < -0.4 is 9.47 Å². The standard InChI is InChI=1S/C30H42N4O3/c1-3-4-14-33(2)24-27-23-31-32-30(27)26-10-12-28(13-11-26)36-20-21-37-29-9-5-7-25(22-29)8-6-15-34-16-18-35-19-17-34/h5,7,9-13,22-23H,3-4,6,8,14-21,24H2,1-2H3,(H,31,32). The van der Waals surface area contributed by atoms with E-state index >= 15 is 0 Å². The van der Waals surface area contributed by atoms with E-state index in [0.717, 1.165) is 81.5 Å². The van der Waals surface area contributed by atoms with Gasteiger partial charge in [0.05, 0.1) is 25.1 Å². The number of hydrogen-bond acceptors (Lipinski definition) is 6. The first-order valence-corrected chi connectivity index (χ1v) is 13.7. The van der Waals surface area contributed by atoms with Crippen LogP contribution >= 0.6 is 0 Å². The Morgan fingerprint density at radius 2 is 1.78 bits per heavy atom. The van der Waals surface area contributed by atoms with E-state index in [4.69, 9.17) is 14.2 Å². The Kier molecular flexibility index (Phi) is 10.8. The highest BCUT2D eigenvalue weighted by molar-refractivity contribution is 5.63. The third-order valence-corrected chi connectivity index (χ3v) is 6.76. The van der Waals surface area contributed by atoms with Gasteiger partial charge in [0.25, 0.3) is 0 Å². The number of aromatic amines is 1. The van der Waals surface area contributed by atoms with Gasteiger partial charge in [0.1, 0.15) is 24.7 Å². The molecule has 37 heavy (non-hydrogen) atoms. The topological polar surface area (TPSA) is 62.9 Å². The average Bonchev–Trinajstić information content (AvgIpc) is 3.39. The maximum Gasteiger partial charge on any atom is 0.122 e. The fourth-order valence-electron chi connectivity index (χ4n) is 4.64. The van der Waals surface area contributed by atoms with Gasteiger partial charge in [0, 0.05) is 30.8 Å². The molecular weight excluding hydrogens is 464 g/mol. The van der Waals surface area contributed by atoms with Crippen LogP contribution in [0.15, 0.2) is 54.7 Å². The van der Waals surface area contributed by atoms with Crippen LogP contribution in [-0.4, -0.2) is 79.7 Å². The highest BCUT2D eigenvalue weighted by Crippen LogP contribution is 2.25. The molecule has 0 spiro atoms. The van der Waals surface area contributed by atoms with Gasteiger partial charge in [-0.05, 0) is 81.4 Å². The molecule has 1 aliphatic rings. The van der Waals surface area contributed by atoms with Gasteiger partial charge in [-0.2, -0.15) is 5.10 Å². The molecule has 1 fully saturated rings. The Balaban J connectivity index is 1.18. The number of nitrogens with zero attached hydrogens (tertiary/aromatic N) is 3. The Bertz CT molecular complexity index is 1050. The maximum atomic E-state index is 5.96. The van der Waals surface area contributed by atoms with Crippen molar-refractivity contribution in [2.75, 3.05) is 59.7 Å². The highest BCUT2D eigenvalue weighted by atomic mass is 16.5. The fourth-order valence-corrected chi connectivity index (χ4v) is 4.64. The zero-order valence-corrected chi connectivity index (χ0v) is 22.5. The summed E-state index contributed by atoms with van der Waals surface area (Å²) in [6.45, 7) is 10.1. The number of hydrogen-bond donors (Lipinski definition) is 1. The lowest BCUT2D eigenvalue weighted by Gasteiger charge is -2.26. The van der Waals surface area contributed by atoms with E-state index in [1.807, 2.05) is 24.4 Å². The number of ether oxygens (including phenoxy) is 3. The molecule has 1 saturated heterocycles. The van der Waals surface area contributed by atoms with E-state index in [-0.39, 0.29) is 0 Å². The van der Waals surface area contributed by atoms with Crippen molar-refractivity contribution in [3.05, 3.63) is 65.9 Å². The summed E-state index contributed by atoms with van der Waals surface area (Å²) >= 11 is 0. The summed E-state index contributed by atoms with van der Waals surface area (Å²) in [6.07, 6.45) is 6.55. The van der Waals surface area contributed by atoms with Crippen LogP contribution in [0.25, 0.3) is 11.3 Å². The molecular formula is C30H42N4O3. The molecule has 0 atom stereocenters. The average molecular weight is 507 g/mol. The van der Waals surface area contributed by atoms with Crippen LogP contribution in [0.1, 0.15) is 37.3 Å². The molecule has 2 heterocycles. The van der Waals surface area contributed by atoms with Crippen molar-refractivity contribution in [2.45, 2.75) is 39.2 Å². The summed E-state index contributed by atoms with van der Waals surface area (Å²) in [5.41, 5.74) is 4.72. The minimum absolute atomic E-state index is 0.498. The molecule has 1 N–H and O–H groups in total. The molecule has 1 aliphatic heterocycles. The lowest BCUT2D eigenvalue weighted by molar-refractivity contribution is 0.0374. The number of unbranched alkanes of at least 4 members (excludes halogenated alkanes) is 1. The third-order valence-electron chi connectivity index (χ3n) is 6.76. The molecule has 0 amide bonds. The van der Waals surface area contributed by atoms with Gasteiger partial charge in [-0.25, -0.2) is 0 Å². The number of rotatable bonds is 15. The quantitative estimate of drug-likeness (QED) is 0.292. The molecule has 0 aliphatic carbocycles. The van der Waals surface area contributed by atoms with Crippen molar-refractivity contribution in [1.82, 2.24) is 20.0 Å². The molecule has 3 aromatic rings. The molecule has 7 heteroatoms. The van der Waals surface area contributed by atoms with Crippen molar-refractivity contribution in [3.8, 4) is 22.8 Å². The van der Waals surface area contributed by atoms with E-state index in [9.17, 15) is 0 Å². The van der Waals surface area contributed by atoms with Crippen molar-refractivity contribution >= 4 is 0 Å². The van der Waals surface area contributed by atoms with Crippen LogP contribution in [0, 0.1) is 0 Å². The smallest absolute Gasteiger partial charge is 0.122 e. The molecule has 1 aromatic heterocycles. The van der Waals surface area contributed by atoms with Crippen molar-refractivity contribution in [3.63, 3.8) is 0 Å². The Hall–Kier alpha value is -2.87. The second-order valence-corrected chi connectivity index (χ2v) is 9.79.